The number of aliphatic hydroxyl groups excluding tert-OH is 1. The zero-order valence-electron chi connectivity index (χ0n) is 25.2. The quantitative estimate of drug-likeness (QED) is 0.0606. The molecule has 0 fully saturated rings. The lowest BCUT2D eigenvalue weighted by Gasteiger charge is -2.31. The van der Waals surface area contributed by atoms with Crippen molar-refractivity contribution in [1.29, 1.82) is 0 Å². The molecule has 10 heteroatoms. The lowest BCUT2D eigenvalue weighted by atomic mass is 9.81. The number of carbonyl (C=O) groups is 2. The first-order valence-electron chi connectivity index (χ1n) is 14.5. The summed E-state index contributed by atoms with van der Waals surface area (Å²) in [5.74, 6) is 1.86. The summed E-state index contributed by atoms with van der Waals surface area (Å²) in [6.07, 6.45) is 1.97. The Morgan fingerprint density at radius 2 is 1.63 bits per heavy atom. The van der Waals surface area contributed by atoms with Crippen LogP contribution in [0.25, 0.3) is 0 Å². The van der Waals surface area contributed by atoms with Gasteiger partial charge in [-0.1, -0.05) is 50.2 Å². The van der Waals surface area contributed by atoms with Gasteiger partial charge in [0.05, 0.1) is 28.9 Å². The van der Waals surface area contributed by atoms with E-state index in [-0.39, 0.29) is 23.7 Å². The Kier molecular flexibility index (Phi) is 11.6. The number of ether oxygens (including phenoxy) is 1. The summed E-state index contributed by atoms with van der Waals surface area (Å²) in [6, 6.07) is 19.2. The maximum atomic E-state index is 13.2. The Morgan fingerprint density at radius 1 is 0.977 bits per heavy atom. The van der Waals surface area contributed by atoms with E-state index in [4.69, 9.17) is 4.74 Å². The van der Waals surface area contributed by atoms with Crippen LogP contribution in [-0.4, -0.2) is 47.2 Å². The first kappa shape index (κ1) is 32.9. The highest BCUT2D eigenvalue weighted by molar-refractivity contribution is 14.1. The van der Waals surface area contributed by atoms with Crippen molar-refractivity contribution in [2.24, 2.45) is 5.92 Å². The van der Waals surface area contributed by atoms with Gasteiger partial charge in [0.25, 0.3) is 0 Å². The topological polar surface area (TPSA) is 112 Å². The van der Waals surface area contributed by atoms with E-state index < -0.39 is 18.3 Å². The van der Waals surface area contributed by atoms with Gasteiger partial charge in [-0.15, -0.1) is 0 Å². The minimum Gasteiger partial charge on any atom is -0.457 e. The Hall–Kier alpha value is -2.96. The molecule has 0 saturated carbocycles. The second-order valence-corrected chi connectivity index (χ2v) is 12.9. The molecule has 0 radical (unpaired) electrons. The monoisotopic (exact) mass is 716 g/mol. The number of fused-ring (bicyclic) bond motifs is 2. The summed E-state index contributed by atoms with van der Waals surface area (Å²) in [5.41, 5.74) is 6.15. The van der Waals surface area contributed by atoms with Gasteiger partial charge in [-0.3, -0.25) is 9.59 Å². The number of amides is 2. The number of nitrogens with one attached hydrogen (secondary N) is 4. The molecular formula is C33H41IN4O4S. The number of benzene rings is 3. The molecular weight excluding hydrogens is 675 g/mol. The van der Waals surface area contributed by atoms with Gasteiger partial charge in [0.15, 0.2) is 0 Å². The number of aliphatic hydroxyl groups is 1. The number of rotatable bonds is 13. The molecule has 8 nitrogen and oxygen atoms in total. The van der Waals surface area contributed by atoms with Crippen molar-refractivity contribution in [3.63, 3.8) is 0 Å². The molecule has 0 bridgehead atoms. The van der Waals surface area contributed by atoms with Gasteiger partial charge >= 0.3 is 0 Å². The average Bonchev–Trinajstić information content (AvgIpc) is 2.97. The second kappa shape index (κ2) is 15.2. The SMILES string of the molecule is CSCCC(NC(=O)[C@H](CC(C)C)NC(C)=O)C(O)Nc1ccc2c(c1)Oc1cc(NI)ccc1C2c1ccccc1C. The summed E-state index contributed by atoms with van der Waals surface area (Å²) >= 11 is 3.75. The van der Waals surface area contributed by atoms with Crippen LogP contribution in [-0.2, 0) is 9.59 Å². The van der Waals surface area contributed by atoms with Gasteiger partial charge in [0.2, 0.25) is 11.8 Å². The fourth-order valence-electron chi connectivity index (χ4n) is 5.46. The number of anilines is 2. The molecule has 0 aromatic heterocycles. The third kappa shape index (κ3) is 8.36. The lowest BCUT2D eigenvalue weighted by Crippen LogP contribution is -2.54. The molecule has 5 N–H and O–H groups in total. The fraction of sp³-hybridized carbons (Fsp3) is 0.394. The van der Waals surface area contributed by atoms with Crippen molar-refractivity contribution < 1.29 is 19.4 Å². The summed E-state index contributed by atoms with van der Waals surface area (Å²) in [6.45, 7) is 7.53. The summed E-state index contributed by atoms with van der Waals surface area (Å²) in [4.78, 5) is 25.0. The van der Waals surface area contributed by atoms with Crippen molar-refractivity contribution in [2.45, 2.75) is 64.8 Å². The molecule has 0 aliphatic carbocycles. The van der Waals surface area contributed by atoms with Gasteiger partial charge in [-0.05, 0) is 61.0 Å². The number of hydrogen-bond acceptors (Lipinski definition) is 7. The van der Waals surface area contributed by atoms with Gasteiger partial charge < -0.3 is 29.3 Å². The van der Waals surface area contributed by atoms with Crippen LogP contribution < -0.4 is 24.2 Å². The lowest BCUT2D eigenvalue weighted by molar-refractivity contribution is -0.129. The Bertz CT molecular complexity index is 1440. The number of halogens is 1. The molecule has 230 valence electrons. The molecule has 1 aliphatic heterocycles. The van der Waals surface area contributed by atoms with E-state index in [0.29, 0.717) is 24.3 Å². The Balaban J connectivity index is 1.61. The highest BCUT2D eigenvalue weighted by Crippen LogP contribution is 2.49. The van der Waals surface area contributed by atoms with Crippen molar-refractivity contribution >= 4 is 57.8 Å². The molecule has 43 heavy (non-hydrogen) atoms. The first-order valence-corrected chi connectivity index (χ1v) is 17.0. The van der Waals surface area contributed by atoms with Crippen LogP contribution in [0.5, 0.6) is 11.5 Å². The van der Waals surface area contributed by atoms with Crippen LogP contribution in [0.3, 0.4) is 0 Å². The maximum absolute atomic E-state index is 13.2. The van der Waals surface area contributed by atoms with Crippen molar-refractivity contribution in [3.05, 3.63) is 82.9 Å². The third-order valence-electron chi connectivity index (χ3n) is 7.54. The van der Waals surface area contributed by atoms with Crippen molar-refractivity contribution in [1.82, 2.24) is 10.6 Å². The molecule has 0 spiro atoms. The predicted octanol–water partition coefficient (Wildman–Crippen LogP) is 6.56. The van der Waals surface area contributed by atoms with Gasteiger partial charge in [0, 0.05) is 47.5 Å². The Morgan fingerprint density at radius 3 is 2.23 bits per heavy atom. The van der Waals surface area contributed by atoms with E-state index in [1.54, 1.807) is 11.8 Å². The molecule has 3 aromatic rings. The molecule has 0 saturated heterocycles. The average molecular weight is 717 g/mol. The highest BCUT2D eigenvalue weighted by Gasteiger charge is 2.31. The summed E-state index contributed by atoms with van der Waals surface area (Å²) in [7, 11) is 0. The number of thioether (sulfide) groups is 1. The maximum Gasteiger partial charge on any atom is 0.242 e. The van der Waals surface area contributed by atoms with Gasteiger partial charge in [-0.2, -0.15) is 11.8 Å². The zero-order valence-corrected chi connectivity index (χ0v) is 28.2. The third-order valence-corrected chi connectivity index (χ3v) is 8.80. The largest absolute Gasteiger partial charge is 0.457 e. The van der Waals surface area contributed by atoms with Crippen LogP contribution in [0.1, 0.15) is 61.8 Å². The van der Waals surface area contributed by atoms with Crippen molar-refractivity contribution in [3.8, 4) is 11.5 Å². The molecule has 2 amide bonds. The van der Waals surface area contributed by atoms with Crippen LogP contribution >= 0.6 is 34.6 Å². The highest BCUT2D eigenvalue weighted by atomic mass is 127. The number of hydrogen-bond donors (Lipinski definition) is 5. The predicted molar refractivity (Wildman–Crippen MR) is 184 cm³/mol. The van der Waals surface area contributed by atoms with Crippen LogP contribution in [0.4, 0.5) is 11.4 Å². The summed E-state index contributed by atoms with van der Waals surface area (Å²) < 4.78 is 9.61. The molecule has 4 atom stereocenters. The van der Waals surface area contributed by atoms with E-state index in [9.17, 15) is 14.7 Å². The standard InChI is InChI=1S/C33H41IN4O4S/c1-19(2)16-28(35-21(4)39)33(41)37-27(14-15-43-5)32(40)36-22-10-12-25-29(17-22)42-30-18-23(38-34)11-13-26(30)31(25)24-9-7-6-8-20(24)3/h6-13,17-19,27-28,31-32,36,38,40H,14-16H2,1-5H3,(H,35,39)(H,37,41)/t27?,28-,31?,32?/m0/s1. The fourth-order valence-corrected chi connectivity index (χ4v) is 6.28. The summed E-state index contributed by atoms with van der Waals surface area (Å²) in [5, 5.41) is 20.2. The van der Waals surface area contributed by atoms with Gasteiger partial charge in [0.1, 0.15) is 23.8 Å². The van der Waals surface area contributed by atoms with Crippen LogP contribution in [0, 0.1) is 12.8 Å². The van der Waals surface area contributed by atoms with Crippen molar-refractivity contribution in [2.75, 3.05) is 20.9 Å². The normalized spacial score (nSPS) is 15.8. The smallest absolute Gasteiger partial charge is 0.242 e. The molecule has 3 unspecified atom stereocenters. The van der Waals surface area contributed by atoms with Crippen LogP contribution in [0.15, 0.2) is 60.7 Å². The minimum absolute atomic E-state index is 0.0116. The Labute approximate surface area is 272 Å². The number of aryl methyl sites for hydroxylation is 1. The zero-order chi connectivity index (χ0) is 31.1. The van der Waals surface area contributed by atoms with E-state index in [1.807, 2.05) is 50.4 Å². The molecule has 1 aliphatic rings. The van der Waals surface area contributed by atoms with Crippen LogP contribution in [0.2, 0.25) is 0 Å². The molecule has 4 rings (SSSR count). The first-order chi connectivity index (χ1) is 20.6. The van der Waals surface area contributed by atoms with E-state index in [1.165, 1.54) is 18.1 Å². The van der Waals surface area contributed by atoms with Gasteiger partial charge in [-0.25, -0.2) is 0 Å². The van der Waals surface area contributed by atoms with E-state index in [0.717, 1.165) is 28.3 Å². The number of carbonyl (C=O) groups excluding carboxylic acids is 2. The molecule has 1 heterocycles. The second-order valence-electron chi connectivity index (χ2n) is 11.4. The van der Waals surface area contributed by atoms with E-state index >= 15 is 0 Å². The molecule has 3 aromatic carbocycles. The minimum atomic E-state index is -1.07. The van der Waals surface area contributed by atoms with E-state index in [2.05, 4.69) is 79.6 Å².